The maximum absolute atomic E-state index is 5.97. The van der Waals surface area contributed by atoms with Crippen molar-refractivity contribution < 1.29 is 24.8 Å². The van der Waals surface area contributed by atoms with Gasteiger partial charge in [-0.05, 0) is 75.4 Å². The molecule has 0 spiro atoms. The molecule has 0 unspecified atom stereocenters. The van der Waals surface area contributed by atoms with Crippen LogP contribution in [0.15, 0.2) is 97.6 Å². The number of unbranched alkanes of at least 4 members (excludes halogenated alkanes) is 3. The second-order valence-electron chi connectivity index (χ2n) is 11.9. The Morgan fingerprint density at radius 2 is 1.13 bits per heavy atom. The van der Waals surface area contributed by atoms with Crippen LogP contribution in [-0.2, 0) is 20.1 Å². The molecule has 0 amide bonds. The van der Waals surface area contributed by atoms with E-state index >= 15 is 0 Å². The van der Waals surface area contributed by atoms with Crippen LogP contribution >= 0.6 is 0 Å². The number of imidazole rings is 2. The van der Waals surface area contributed by atoms with Crippen LogP contribution in [0.2, 0.25) is 0 Å². The Balaban J connectivity index is 0.000000215. The molecular formula is C41H44IrN4O-2. The minimum absolute atomic E-state index is 0. The smallest absolute Gasteiger partial charge is 0.119 e. The number of benzene rings is 4. The van der Waals surface area contributed by atoms with Gasteiger partial charge in [-0.15, -0.1) is 71.8 Å². The van der Waals surface area contributed by atoms with E-state index in [1.165, 1.54) is 52.8 Å². The van der Waals surface area contributed by atoms with Crippen LogP contribution in [0.1, 0.15) is 60.4 Å². The van der Waals surface area contributed by atoms with Gasteiger partial charge < -0.3 is 13.9 Å². The second-order valence-corrected chi connectivity index (χ2v) is 11.9. The van der Waals surface area contributed by atoms with Gasteiger partial charge in [-0.25, -0.2) is 0 Å². The summed E-state index contributed by atoms with van der Waals surface area (Å²) in [4.78, 5) is 9.05. The monoisotopic (exact) mass is 801 g/mol. The van der Waals surface area contributed by atoms with Gasteiger partial charge in [-0.3, -0.25) is 9.97 Å². The van der Waals surface area contributed by atoms with E-state index < -0.39 is 0 Å². The van der Waals surface area contributed by atoms with Crippen molar-refractivity contribution in [2.75, 3.05) is 6.61 Å². The molecule has 245 valence electrons. The first kappa shape index (κ1) is 35.6. The van der Waals surface area contributed by atoms with E-state index in [4.69, 9.17) is 4.74 Å². The molecule has 6 heteroatoms. The number of ether oxygens (including phenoxy) is 1. The zero-order valence-corrected chi connectivity index (χ0v) is 30.7. The zero-order valence-electron chi connectivity index (χ0n) is 28.3. The van der Waals surface area contributed by atoms with Gasteiger partial charge in [0.1, 0.15) is 5.75 Å². The fraction of sp³-hybridized carbons (Fsp3) is 0.268. The van der Waals surface area contributed by atoms with E-state index in [1.54, 1.807) is 0 Å². The zero-order chi connectivity index (χ0) is 32.5. The number of hydrogen-bond donors (Lipinski definition) is 0. The Labute approximate surface area is 294 Å². The summed E-state index contributed by atoms with van der Waals surface area (Å²) >= 11 is 0. The second kappa shape index (κ2) is 17.1. The third-order valence-corrected chi connectivity index (χ3v) is 8.03. The predicted octanol–water partition coefficient (Wildman–Crippen LogP) is 10.2. The molecule has 47 heavy (non-hydrogen) atoms. The standard InChI is InChI=1S/C23H27N2O.C18H17N2.Ir/c1-4-5-6-10-15-26-21-16-18(2)22(19(3)17-21)25-14-13-24-23(25)20-11-8-7-9-12-20;1-13-11-14(2)17(15(3)12-13)20-10-9-19-18(20)16-7-5-4-6-8-16;/h7-9,11,13-14,16-17H,4-6,10,15H2,1-3H3;4-7,9-12H,1-3H3;/q2*-1;. The minimum atomic E-state index is 0. The number of rotatable bonds is 10. The van der Waals surface area contributed by atoms with Gasteiger partial charge in [0.2, 0.25) is 0 Å². The van der Waals surface area contributed by atoms with Crippen molar-refractivity contribution >= 4 is 0 Å². The van der Waals surface area contributed by atoms with Crippen molar-refractivity contribution in [3.63, 3.8) is 0 Å². The first-order chi connectivity index (χ1) is 22.4. The van der Waals surface area contributed by atoms with Crippen molar-refractivity contribution in [2.24, 2.45) is 0 Å². The van der Waals surface area contributed by atoms with Crippen molar-refractivity contribution in [2.45, 2.75) is 67.2 Å². The van der Waals surface area contributed by atoms with Crippen molar-refractivity contribution in [1.29, 1.82) is 0 Å². The van der Waals surface area contributed by atoms with E-state index in [2.05, 4.69) is 97.0 Å². The fourth-order valence-electron chi connectivity index (χ4n) is 6.08. The van der Waals surface area contributed by atoms with E-state index in [-0.39, 0.29) is 20.1 Å². The molecule has 0 aliphatic carbocycles. The topological polar surface area (TPSA) is 44.9 Å². The summed E-state index contributed by atoms with van der Waals surface area (Å²) in [5, 5.41) is 0. The van der Waals surface area contributed by atoms with E-state index in [1.807, 2.05) is 73.3 Å². The maximum atomic E-state index is 5.97. The largest absolute Gasteiger partial charge is 0.494 e. The molecule has 6 aromatic rings. The van der Waals surface area contributed by atoms with Gasteiger partial charge in [0, 0.05) is 56.3 Å². The third-order valence-electron chi connectivity index (χ3n) is 8.03. The first-order valence-electron chi connectivity index (χ1n) is 16.2. The summed E-state index contributed by atoms with van der Waals surface area (Å²) in [6.45, 7) is 13.7. The summed E-state index contributed by atoms with van der Waals surface area (Å²) < 4.78 is 10.3. The minimum Gasteiger partial charge on any atom is -0.494 e. The molecule has 0 atom stereocenters. The molecule has 4 aromatic carbocycles. The quantitative estimate of drug-likeness (QED) is 0.102. The van der Waals surface area contributed by atoms with Crippen LogP contribution in [0.4, 0.5) is 0 Å². The van der Waals surface area contributed by atoms with E-state index in [9.17, 15) is 0 Å². The third kappa shape index (κ3) is 8.77. The van der Waals surface area contributed by atoms with Crippen LogP contribution in [0.5, 0.6) is 5.75 Å². The molecule has 1 radical (unpaired) electrons. The summed E-state index contributed by atoms with van der Waals surface area (Å²) in [5.74, 6) is 2.79. The van der Waals surface area contributed by atoms with Gasteiger partial charge >= 0.3 is 0 Å². The molecule has 0 bridgehead atoms. The molecule has 0 fully saturated rings. The summed E-state index contributed by atoms with van der Waals surface area (Å²) in [6.07, 6.45) is 12.6. The average molecular weight is 801 g/mol. The Morgan fingerprint density at radius 3 is 1.57 bits per heavy atom. The summed E-state index contributed by atoms with van der Waals surface area (Å²) in [6, 6.07) is 31.1. The van der Waals surface area contributed by atoms with Crippen LogP contribution in [0.25, 0.3) is 34.2 Å². The average Bonchev–Trinajstić information content (AvgIpc) is 3.72. The van der Waals surface area contributed by atoms with Crippen LogP contribution in [0, 0.1) is 46.8 Å². The van der Waals surface area contributed by atoms with Crippen LogP contribution < -0.4 is 4.74 Å². The van der Waals surface area contributed by atoms with Crippen molar-refractivity contribution in [3.8, 4) is 39.9 Å². The Morgan fingerprint density at radius 1 is 0.638 bits per heavy atom. The summed E-state index contributed by atoms with van der Waals surface area (Å²) in [7, 11) is 0. The maximum Gasteiger partial charge on any atom is 0.119 e. The SMILES string of the molecule is CCCCCCOc1cc(C)c(-n2ccnc2-c2[c-]cccc2)c(C)c1.Cc1cc(C)c(-n2ccnc2-c2[c-]cccc2)c(C)c1.[Ir]. The van der Waals surface area contributed by atoms with Gasteiger partial charge in [0.15, 0.2) is 0 Å². The molecular weight excluding hydrogens is 757 g/mol. The van der Waals surface area contributed by atoms with Crippen LogP contribution in [0.3, 0.4) is 0 Å². The Bertz CT molecular complexity index is 1810. The fourth-order valence-corrected chi connectivity index (χ4v) is 6.08. The number of aromatic nitrogens is 4. The molecule has 5 nitrogen and oxygen atoms in total. The van der Waals surface area contributed by atoms with Crippen molar-refractivity contribution in [1.82, 2.24) is 19.1 Å². The molecule has 2 aromatic heterocycles. The van der Waals surface area contributed by atoms with Gasteiger partial charge in [0.25, 0.3) is 0 Å². The van der Waals surface area contributed by atoms with Gasteiger partial charge in [-0.1, -0.05) is 43.9 Å². The molecule has 6 rings (SSSR count). The van der Waals surface area contributed by atoms with Gasteiger partial charge in [0.05, 0.1) is 18.3 Å². The number of aryl methyl sites for hydroxylation is 5. The molecule has 0 saturated heterocycles. The molecule has 0 aliphatic heterocycles. The molecule has 0 N–H and O–H groups in total. The molecule has 2 heterocycles. The van der Waals surface area contributed by atoms with E-state index in [0.717, 1.165) is 47.2 Å². The normalized spacial score (nSPS) is 10.6. The van der Waals surface area contributed by atoms with Crippen LogP contribution in [-0.4, -0.2) is 25.7 Å². The predicted molar refractivity (Wildman–Crippen MR) is 189 cm³/mol. The van der Waals surface area contributed by atoms with Crippen molar-refractivity contribution in [3.05, 3.63) is 138 Å². The van der Waals surface area contributed by atoms with E-state index in [0.29, 0.717) is 0 Å². The summed E-state index contributed by atoms with van der Waals surface area (Å²) in [5.41, 5.74) is 10.6. The molecule has 0 saturated carbocycles. The first-order valence-corrected chi connectivity index (χ1v) is 16.2. The number of nitrogens with zero attached hydrogens (tertiary/aromatic N) is 4. The molecule has 0 aliphatic rings. The van der Waals surface area contributed by atoms with Gasteiger partial charge in [-0.2, -0.15) is 0 Å². The Hall–Kier alpha value is -4.25. The Kier molecular flexibility index (Phi) is 12.9. The number of hydrogen-bond acceptors (Lipinski definition) is 3.